The molecule has 0 radical (unpaired) electrons. The van der Waals surface area contributed by atoms with E-state index < -0.39 is 0 Å². The second kappa shape index (κ2) is 5.80. The first-order valence-electron chi connectivity index (χ1n) is 8.26. The maximum absolute atomic E-state index is 13.0. The number of hydrogen-bond acceptors (Lipinski definition) is 2. The van der Waals surface area contributed by atoms with E-state index in [4.69, 9.17) is 0 Å². The Bertz CT molecular complexity index is 683. The van der Waals surface area contributed by atoms with E-state index in [1.165, 1.54) is 12.1 Å². The summed E-state index contributed by atoms with van der Waals surface area (Å²) in [5.74, 6) is 0.359. The van der Waals surface area contributed by atoms with Gasteiger partial charge in [-0.05, 0) is 48.9 Å². The van der Waals surface area contributed by atoms with E-state index in [-0.39, 0.29) is 29.6 Å². The Morgan fingerprint density at radius 1 is 1.30 bits per heavy atom. The van der Waals surface area contributed by atoms with Gasteiger partial charge in [-0.1, -0.05) is 12.1 Å². The highest BCUT2D eigenvalue weighted by atomic mass is 19.1. The van der Waals surface area contributed by atoms with Gasteiger partial charge < -0.3 is 4.90 Å². The molecule has 2 heterocycles. The highest BCUT2D eigenvalue weighted by Crippen LogP contribution is 2.49. The summed E-state index contributed by atoms with van der Waals surface area (Å²) in [6.07, 6.45) is 6.70. The lowest BCUT2D eigenvalue weighted by molar-refractivity contribution is -0.133. The van der Waals surface area contributed by atoms with Gasteiger partial charge in [0.15, 0.2) is 0 Å². The second-order valence-corrected chi connectivity index (χ2v) is 6.56. The molecule has 1 aromatic carbocycles. The highest BCUT2D eigenvalue weighted by molar-refractivity contribution is 5.83. The molecular weight excluding hydrogens is 293 g/mol. The number of likely N-dealkylation sites (tertiary alicyclic amines) is 1. The van der Waals surface area contributed by atoms with E-state index in [9.17, 15) is 9.18 Å². The van der Waals surface area contributed by atoms with Gasteiger partial charge >= 0.3 is 0 Å². The molecule has 23 heavy (non-hydrogen) atoms. The summed E-state index contributed by atoms with van der Waals surface area (Å²) in [6, 6.07) is 8.72. The van der Waals surface area contributed by atoms with Crippen LogP contribution in [0.15, 0.2) is 42.7 Å². The van der Waals surface area contributed by atoms with Crippen LogP contribution in [0.1, 0.15) is 30.7 Å². The molecule has 0 spiro atoms. The summed E-state index contributed by atoms with van der Waals surface area (Å²) in [4.78, 5) is 14.9. The maximum Gasteiger partial charge on any atom is 0.226 e. The summed E-state index contributed by atoms with van der Waals surface area (Å²) < 4.78 is 14.9. The zero-order valence-electron chi connectivity index (χ0n) is 12.9. The van der Waals surface area contributed by atoms with Crippen molar-refractivity contribution >= 4 is 5.91 Å². The molecule has 2 fully saturated rings. The Morgan fingerprint density at radius 3 is 2.87 bits per heavy atom. The van der Waals surface area contributed by atoms with Gasteiger partial charge in [0, 0.05) is 24.9 Å². The van der Waals surface area contributed by atoms with Gasteiger partial charge in [-0.25, -0.2) is 4.39 Å². The van der Waals surface area contributed by atoms with Gasteiger partial charge in [0.05, 0.1) is 12.6 Å². The molecule has 2 aliphatic rings. The third kappa shape index (κ3) is 2.87. The van der Waals surface area contributed by atoms with Crippen LogP contribution in [0.3, 0.4) is 0 Å². The Labute approximate surface area is 134 Å². The standard InChI is InChI=1S/C18H20FN3O/c19-14-6-4-13(5-7-14)16-11-17(16)18(23)22-10-1-3-15(22)12-21-9-2-8-20-21/h2,4-9,15-17H,1,3,10-12H2/t15-,16+,17+/m0/s1. The molecule has 4 nitrogen and oxygen atoms in total. The number of benzene rings is 1. The lowest BCUT2D eigenvalue weighted by Gasteiger charge is -2.25. The highest BCUT2D eigenvalue weighted by Gasteiger charge is 2.47. The first kappa shape index (κ1) is 14.4. The van der Waals surface area contributed by atoms with Crippen LogP contribution in [-0.4, -0.2) is 33.2 Å². The first-order chi connectivity index (χ1) is 11.2. The number of rotatable bonds is 4. The normalized spacial score (nSPS) is 26.5. The molecule has 2 aromatic rings. The lowest BCUT2D eigenvalue weighted by atomic mass is 10.1. The summed E-state index contributed by atoms with van der Waals surface area (Å²) in [6.45, 7) is 1.62. The first-order valence-corrected chi connectivity index (χ1v) is 8.26. The minimum atomic E-state index is -0.226. The van der Waals surface area contributed by atoms with Crippen molar-refractivity contribution in [2.24, 2.45) is 5.92 Å². The maximum atomic E-state index is 13.0. The van der Waals surface area contributed by atoms with Gasteiger partial charge in [0.2, 0.25) is 5.91 Å². The summed E-state index contributed by atoms with van der Waals surface area (Å²) in [5, 5.41) is 4.25. The zero-order valence-corrected chi connectivity index (χ0v) is 12.9. The summed E-state index contributed by atoms with van der Waals surface area (Å²) >= 11 is 0. The van der Waals surface area contributed by atoms with Crippen molar-refractivity contribution in [2.75, 3.05) is 6.54 Å². The average molecular weight is 313 g/mol. The Kier molecular flexibility index (Phi) is 3.63. The van der Waals surface area contributed by atoms with E-state index in [0.717, 1.165) is 37.9 Å². The zero-order chi connectivity index (χ0) is 15.8. The fourth-order valence-corrected chi connectivity index (χ4v) is 3.70. The predicted octanol–water partition coefficient (Wildman–Crippen LogP) is 2.82. The fourth-order valence-electron chi connectivity index (χ4n) is 3.70. The molecule has 4 rings (SSSR count). The van der Waals surface area contributed by atoms with Gasteiger partial charge in [-0.3, -0.25) is 9.48 Å². The van der Waals surface area contributed by atoms with Crippen LogP contribution in [0.5, 0.6) is 0 Å². The van der Waals surface area contributed by atoms with Crippen molar-refractivity contribution in [3.8, 4) is 0 Å². The van der Waals surface area contributed by atoms with Gasteiger partial charge in [0.25, 0.3) is 0 Å². The number of halogens is 1. The van der Waals surface area contributed by atoms with E-state index >= 15 is 0 Å². The summed E-state index contributed by atoms with van der Waals surface area (Å²) in [5.41, 5.74) is 1.08. The van der Waals surface area contributed by atoms with E-state index in [1.807, 2.05) is 21.8 Å². The van der Waals surface area contributed by atoms with Crippen LogP contribution >= 0.6 is 0 Å². The molecule has 0 unspecified atom stereocenters. The number of amides is 1. The molecule has 1 amide bonds. The molecule has 1 aliphatic heterocycles. The smallest absolute Gasteiger partial charge is 0.226 e. The van der Waals surface area contributed by atoms with Crippen LogP contribution in [0.2, 0.25) is 0 Å². The van der Waals surface area contributed by atoms with Crippen molar-refractivity contribution in [3.63, 3.8) is 0 Å². The van der Waals surface area contributed by atoms with E-state index in [0.29, 0.717) is 0 Å². The molecule has 0 N–H and O–H groups in total. The number of carbonyl (C=O) groups excluding carboxylic acids is 1. The molecule has 120 valence electrons. The average Bonchev–Trinajstić information content (AvgIpc) is 2.95. The van der Waals surface area contributed by atoms with E-state index in [2.05, 4.69) is 5.10 Å². The van der Waals surface area contributed by atoms with Gasteiger partial charge in [-0.2, -0.15) is 5.10 Å². The molecule has 1 saturated heterocycles. The Hall–Kier alpha value is -2.17. The van der Waals surface area contributed by atoms with Crippen molar-refractivity contribution < 1.29 is 9.18 Å². The monoisotopic (exact) mass is 313 g/mol. The van der Waals surface area contributed by atoms with Crippen molar-refractivity contribution in [1.29, 1.82) is 0 Å². The third-order valence-corrected chi connectivity index (χ3v) is 5.02. The molecule has 1 saturated carbocycles. The van der Waals surface area contributed by atoms with Crippen LogP contribution in [0, 0.1) is 11.7 Å². The fraction of sp³-hybridized carbons (Fsp3) is 0.444. The second-order valence-electron chi connectivity index (χ2n) is 6.56. The number of nitrogens with zero attached hydrogens (tertiary/aromatic N) is 3. The van der Waals surface area contributed by atoms with Crippen LogP contribution in [-0.2, 0) is 11.3 Å². The number of aromatic nitrogens is 2. The summed E-state index contributed by atoms with van der Waals surface area (Å²) in [7, 11) is 0. The minimum Gasteiger partial charge on any atom is -0.338 e. The van der Waals surface area contributed by atoms with Crippen molar-refractivity contribution in [3.05, 3.63) is 54.1 Å². The molecule has 3 atom stereocenters. The van der Waals surface area contributed by atoms with Crippen molar-refractivity contribution in [2.45, 2.75) is 37.8 Å². The van der Waals surface area contributed by atoms with E-state index in [1.54, 1.807) is 18.3 Å². The molecule has 5 heteroatoms. The number of carbonyl (C=O) groups is 1. The SMILES string of the molecule is O=C([C@@H]1C[C@@H]1c1ccc(F)cc1)N1CCC[C@H]1Cn1cccn1. The quantitative estimate of drug-likeness (QED) is 0.870. The van der Waals surface area contributed by atoms with Crippen molar-refractivity contribution in [1.82, 2.24) is 14.7 Å². The third-order valence-electron chi connectivity index (χ3n) is 5.02. The predicted molar refractivity (Wildman–Crippen MR) is 84.2 cm³/mol. The Morgan fingerprint density at radius 2 is 2.13 bits per heavy atom. The Balaban J connectivity index is 1.41. The largest absolute Gasteiger partial charge is 0.338 e. The van der Waals surface area contributed by atoms with Gasteiger partial charge in [-0.15, -0.1) is 0 Å². The lowest BCUT2D eigenvalue weighted by Crippen LogP contribution is -2.39. The minimum absolute atomic E-state index is 0.0682. The van der Waals surface area contributed by atoms with Crippen LogP contribution in [0.25, 0.3) is 0 Å². The topological polar surface area (TPSA) is 38.1 Å². The number of hydrogen-bond donors (Lipinski definition) is 0. The van der Waals surface area contributed by atoms with Gasteiger partial charge in [0.1, 0.15) is 5.82 Å². The molecule has 1 aliphatic carbocycles. The van der Waals surface area contributed by atoms with Crippen LogP contribution < -0.4 is 0 Å². The van der Waals surface area contributed by atoms with Crippen LogP contribution in [0.4, 0.5) is 4.39 Å². The molecule has 0 bridgehead atoms. The molecular formula is C18H20FN3O. The molecule has 1 aromatic heterocycles.